The van der Waals surface area contributed by atoms with E-state index in [4.69, 9.17) is 5.11 Å². The highest BCUT2D eigenvalue weighted by Gasteiger charge is 2.36. The third kappa shape index (κ3) is 3.34. The molecule has 0 spiro atoms. The van der Waals surface area contributed by atoms with E-state index < -0.39 is 5.60 Å². The van der Waals surface area contributed by atoms with Crippen LogP contribution in [0.4, 0.5) is 5.69 Å². The first-order chi connectivity index (χ1) is 12.6. The molecule has 2 fully saturated rings. The van der Waals surface area contributed by atoms with Crippen molar-refractivity contribution in [3.8, 4) is 0 Å². The molecular formula is C19H26N4O3. The lowest BCUT2D eigenvalue weighted by atomic mass is 9.80. The summed E-state index contributed by atoms with van der Waals surface area (Å²) in [6, 6.07) is 5.77. The molecule has 2 aliphatic rings. The molecule has 1 aromatic heterocycles. The largest absolute Gasteiger partial charge is 0.395 e. The molecule has 0 atom stereocenters. The summed E-state index contributed by atoms with van der Waals surface area (Å²) < 4.78 is 1.44. The van der Waals surface area contributed by atoms with Crippen LogP contribution in [-0.4, -0.2) is 69.6 Å². The number of aromatic nitrogens is 2. The number of hydrogen-bond acceptors (Lipinski definition) is 6. The highest BCUT2D eigenvalue weighted by molar-refractivity contribution is 5.81. The van der Waals surface area contributed by atoms with E-state index in [0.717, 1.165) is 57.7 Å². The van der Waals surface area contributed by atoms with E-state index >= 15 is 0 Å². The van der Waals surface area contributed by atoms with Crippen molar-refractivity contribution < 1.29 is 10.2 Å². The Bertz CT molecular complexity index is 838. The Morgan fingerprint density at radius 2 is 1.92 bits per heavy atom. The Morgan fingerprint density at radius 3 is 2.58 bits per heavy atom. The minimum Gasteiger partial charge on any atom is -0.395 e. The summed E-state index contributed by atoms with van der Waals surface area (Å²) in [4.78, 5) is 21.4. The maximum atomic E-state index is 12.4. The third-order valence-electron chi connectivity index (χ3n) is 5.69. The van der Waals surface area contributed by atoms with Gasteiger partial charge in [0.15, 0.2) is 0 Å². The zero-order valence-electron chi connectivity index (χ0n) is 15.0. The summed E-state index contributed by atoms with van der Waals surface area (Å²) in [7, 11) is 0. The summed E-state index contributed by atoms with van der Waals surface area (Å²) in [5.74, 6) is 0. The molecule has 2 heterocycles. The lowest BCUT2D eigenvalue weighted by Gasteiger charge is -2.44. The Morgan fingerprint density at radius 1 is 1.15 bits per heavy atom. The standard InChI is InChI=1S/C19H26N4O3/c24-11-10-23-14-20-17-12-15(2-3-16(17)18(23)25)22-8-6-21(7-9-22)13-19(26)4-1-5-19/h2-3,12,14,24,26H,1,4-11,13H2. The fourth-order valence-electron chi connectivity index (χ4n) is 3.93. The average molecular weight is 358 g/mol. The van der Waals surface area contributed by atoms with Crippen LogP contribution in [0.25, 0.3) is 10.9 Å². The molecule has 7 heteroatoms. The van der Waals surface area contributed by atoms with Gasteiger partial charge in [-0.05, 0) is 37.5 Å². The van der Waals surface area contributed by atoms with Crippen molar-refractivity contribution in [3.63, 3.8) is 0 Å². The summed E-state index contributed by atoms with van der Waals surface area (Å²) in [6.45, 7) is 4.65. The van der Waals surface area contributed by atoms with E-state index in [-0.39, 0.29) is 18.7 Å². The van der Waals surface area contributed by atoms with E-state index in [9.17, 15) is 9.90 Å². The number of β-amino-alcohol motifs (C(OH)–C–C–N with tert-alkyl or cyclic N) is 1. The average Bonchev–Trinajstić information content (AvgIpc) is 2.63. The molecule has 4 rings (SSSR count). The fraction of sp³-hybridized carbons (Fsp3) is 0.579. The second-order valence-corrected chi connectivity index (χ2v) is 7.51. The molecule has 26 heavy (non-hydrogen) atoms. The second kappa shape index (κ2) is 6.98. The van der Waals surface area contributed by atoms with Crippen LogP contribution in [0.5, 0.6) is 0 Å². The Kier molecular flexibility index (Phi) is 4.69. The fourth-order valence-corrected chi connectivity index (χ4v) is 3.93. The van der Waals surface area contributed by atoms with Crippen LogP contribution >= 0.6 is 0 Å². The van der Waals surface area contributed by atoms with Gasteiger partial charge in [-0.2, -0.15) is 0 Å². The van der Waals surface area contributed by atoms with Crippen molar-refractivity contribution in [2.24, 2.45) is 0 Å². The van der Waals surface area contributed by atoms with Crippen LogP contribution in [0.1, 0.15) is 19.3 Å². The zero-order valence-corrected chi connectivity index (χ0v) is 15.0. The SMILES string of the molecule is O=c1c2ccc(N3CCN(CC4(O)CCC4)CC3)cc2ncn1CCO. The number of fused-ring (bicyclic) bond motifs is 1. The van der Waals surface area contributed by atoms with E-state index in [1.165, 1.54) is 10.9 Å². The molecule has 1 aliphatic carbocycles. The van der Waals surface area contributed by atoms with Gasteiger partial charge in [-0.25, -0.2) is 4.98 Å². The summed E-state index contributed by atoms with van der Waals surface area (Å²) in [6.07, 6.45) is 4.50. The number of rotatable bonds is 5. The molecule has 140 valence electrons. The first-order valence-electron chi connectivity index (χ1n) is 9.38. The quantitative estimate of drug-likeness (QED) is 0.807. The van der Waals surface area contributed by atoms with Crippen LogP contribution in [0.2, 0.25) is 0 Å². The highest BCUT2D eigenvalue weighted by Crippen LogP contribution is 2.32. The summed E-state index contributed by atoms with van der Waals surface area (Å²) >= 11 is 0. The number of aliphatic hydroxyl groups excluding tert-OH is 1. The van der Waals surface area contributed by atoms with E-state index in [0.29, 0.717) is 10.9 Å². The molecule has 1 saturated carbocycles. The van der Waals surface area contributed by atoms with Crippen molar-refractivity contribution in [1.29, 1.82) is 0 Å². The van der Waals surface area contributed by atoms with Gasteiger partial charge in [0.1, 0.15) is 0 Å². The van der Waals surface area contributed by atoms with Gasteiger partial charge in [-0.15, -0.1) is 0 Å². The van der Waals surface area contributed by atoms with Crippen molar-refractivity contribution >= 4 is 16.6 Å². The van der Waals surface area contributed by atoms with Gasteiger partial charge >= 0.3 is 0 Å². The summed E-state index contributed by atoms with van der Waals surface area (Å²) in [5.41, 5.74) is 1.19. The molecule has 1 saturated heterocycles. The van der Waals surface area contributed by atoms with Crippen LogP contribution in [0.3, 0.4) is 0 Å². The monoisotopic (exact) mass is 358 g/mol. The predicted molar refractivity (Wildman–Crippen MR) is 101 cm³/mol. The second-order valence-electron chi connectivity index (χ2n) is 7.51. The van der Waals surface area contributed by atoms with Crippen molar-refractivity contribution in [3.05, 3.63) is 34.9 Å². The van der Waals surface area contributed by atoms with Gasteiger partial charge < -0.3 is 15.1 Å². The molecule has 0 unspecified atom stereocenters. The number of benzene rings is 1. The van der Waals surface area contributed by atoms with Crippen LogP contribution in [0, 0.1) is 0 Å². The van der Waals surface area contributed by atoms with E-state index in [1.807, 2.05) is 18.2 Å². The third-order valence-corrected chi connectivity index (χ3v) is 5.69. The smallest absolute Gasteiger partial charge is 0.261 e. The van der Waals surface area contributed by atoms with Gasteiger partial charge in [0.05, 0.1) is 36.0 Å². The topological polar surface area (TPSA) is 81.8 Å². The molecule has 0 amide bonds. The molecule has 1 aliphatic heterocycles. The van der Waals surface area contributed by atoms with Crippen molar-refractivity contribution in [1.82, 2.24) is 14.5 Å². The van der Waals surface area contributed by atoms with Gasteiger partial charge in [0.2, 0.25) is 0 Å². The minimum atomic E-state index is -0.455. The maximum Gasteiger partial charge on any atom is 0.261 e. The number of piperazine rings is 1. The molecule has 7 nitrogen and oxygen atoms in total. The Balaban J connectivity index is 1.46. The zero-order chi connectivity index (χ0) is 18.1. The Hall–Kier alpha value is -1.96. The van der Waals surface area contributed by atoms with Gasteiger partial charge in [-0.3, -0.25) is 14.3 Å². The van der Waals surface area contributed by atoms with Crippen LogP contribution < -0.4 is 10.5 Å². The number of nitrogens with zero attached hydrogens (tertiary/aromatic N) is 4. The van der Waals surface area contributed by atoms with E-state index in [2.05, 4.69) is 14.8 Å². The highest BCUT2D eigenvalue weighted by atomic mass is 16.3. The van der Waals surface area contributed by atoms with Crippen LogP contribution in [0.15, 0.2) is 29.3 Å². The minimum absolute atomic E-state index is 0.0788. The first kappa shape index (κ1) is 17.5. The number of hydrogen-bond donors (Lipinski definition) is 2. The predicted octanol–water partition coefficient (Wildman–Crippen LogP) is 0.426. The van der Waals surface area contributed by atoms with E-state index in [1.54, 1.807) is 0 Å². The number of aliphatic hydroxyl groups is 2. The van der Waals surface area contributed by atoms with Gasteiger partial charge in [0, 0.05) is 38.4 Å². The lowest BCUT2D eigenvalue weighted by Crippen LogP contribution is -2.54. The molecular weight excluding hydrogens is 332 g/mol. The molecule has 2 N–H and O–H groups in total. The normalized spacial score (nSPS) is 20.3. The maximum absolute atomic E-state index is 12.4. The van der Waals surface area contributed by atoms with Gasteiger partial charge in [-0.1, -0.05) is 0 Å². The van der Waals surface area contributed by atoms with Gasteiger partial charge in [0.25, 0.3) is 5.56 Å². The molecule has 1 aromatic carbocycles. The van der Waals surface area contributed by atoms with Crippen molar-refractivity contribution in [2.45, 2.75) is 31.4 Å². The van der Waals surface area contributed by atoms with Crippen molar-refractivity contribution in [2.75, 3.05) is 44.2 Å². The molecule has 0 bridgehead atoms. The Labute approximate surface area is 152 Å². The summed E-state index contributed by atoms with van der Waals surface area (Å²) in [5, 5.41) is 19.9. The number of anilines is 1. The first-order valence-corrected chi connectivity index (χ1v) is 9.38. The van der Waals surface area contributed by atoms with Crippen LogP contribution in [-0.2, 0) is 6.54 Å². The molecule has 0 radical (unpaired) electrons. The molecule has 2 aromatic rings. The lowest BCUT2D eigenvalue weighted by molar-refractivity contribution is -0.0594.